The number of carbonyl (C=O) groups is 3. The van der Waals surface area contributed by atoms with Crippen LogP contribution >= 0.6 is 0 Å². The quantitative estimate of drug-likeness (QED) is 0.473. The Morgan fingerprint density at radius 1 is 1.09 bits per heavy atom. The van der Waals surface area contributed by atoms with Crippen molar-refractivity contribution in [3.05, 3.63) is 46.2 Å². The fraction of sp³-hybridized carbons (Fsp3) is 0.538. The van der Waals surface area contributed by atoms with Crippen molar-refractivity contribution in [3.63, 3.8) is 0 Å². The van der Waals surface area contributed by atoms with Gasteiger partial charge in [-0.1, -0.05) is 40.7 Å². The molecule has 2 rings (SSSR count). The zero-order valence-corrected chi connectivity index (χ0v) is 21.5. The molecule has 0 bridgehead atoms. The number of carboxylic acids is 1. The second-order valence-corrected chi connectivity index (χ2v) is 10.4. The lowest BCUT2D eigenvalue weighted by atomic mass is 9.84. The van der Waals surface area contributed by atoms with Crippen LogP contribution in [0.4, 0.5) is 0 Å². The van der Waals surface area contributed by atoms with Gasteiger partial charge in [-0.25, -0.2) is 4.79 Å². The van der Waals surface area contributed by atoms with E-state index < -0.39 is 35.4 Å². The molecule has 1 heterocycles. The maximum Gasteiger partial charge on any atom is 0.333 e. The first-order chi connectivity index (χ1) is 16.3. The number of carboxylic acid groups (broad SMARTS) is 1. The molecular weight excluding hydrogens is 450 g/mol. The van der Waals surface area contributed by atoms with Gasteiger partial charge in [0.2, 0.25) is 11.8 Å². The topological polar surface area (TPSA) is 127 Å². The number of benzene rings is 1. The van der Waals surface area contributed by atoms with Crippen molar-refractivity contribution in [2.75, 3.05) is 7.05 Å². The van der Waals surface area contributed by atoms with E-state index in [-0.39, 0.29) is 30.4 Å². The van der Waals surface area contributed by atoms with Crippen LogP contribution in [0, 0.1) is 17.3 Å². The van der Waals surface area contributed by atoms with Gasteiger partial charge >= 0.3 is 5.97 Å². The Balaban J connectivity index is 2.30. The molecule has 192 valence electrons. The first kappa shape index (κ1) is 28.0. The number of carbonyl (C=O) groups excluding carboxylic acids is 2. The van der Waals surface area contributed by atoms with Gasteiger partial charge in [-0.05, 0) is 46.9 Å². The summed E-state index contributed by atoms with van der Waals surface area (Å²) in [5, 5.41) is 16.1. The van der Waals surface area contributed by atoms with Crippen LogP contribution in [0.15, 0.2) is 35.1 Å². The summed E-state index contributed by atoms with van der Waals surface area (Å²) >= 11 is 0. The molecule has 0 unspecified atom stereocenters. The number of aromatic nitrogens is 1. The average Bonchev–Trinajstić information content (AvgIpc) is 2.77. The Morgan fingerprint density at radius 2 is 1.74 bits per heavy atom. The van der Waals surface area contributed by atoms with Gasteiger partial charge in [-0.15, -0.1) is 0 Å². The van der Waals surface area contributed by atoms with E-state index in [9.17, 15) is 24.3 Å². The summed E-state index contributed by atoms with van der Waals surface area (Å²) in [5.74, 6) is -3.12. The number of aliphatic carboxylic acids is 1. The number of rotatable bonds is 10. The predicted octanol–water partition coefficient (Wildman–Crippen LogP) is 2.45. The normalized spacial score (nSPS) is 14.4. The molecular formula is C26H37N3O6. The molecule has 2 amide bonds. The third kappa shape index (κ3) is 7.14. The van der Waals surface area contributed by atoms with Gasteiger partial charge < -0.3 is 25.0 Å². The molecule has 0 fully saturated rings. The predicted molar refractivity (Wildman–Crippen MR) is 134 cm³/mol. The van der Waals surface area contributed by atoms with Gasteiger partial charge in [-0.2, -0.15) is 0 Å². The molecule has 0 saturated carbocycles. The van der Waals surface area contributed by atoms with Gasteiger partial charge in [-0.3, -0.25) is 14.4 Å². The maximum absolute atomic E-state index is 13.3. The summed E-state index contributed by atoms with van der Waals surface area (Å²) in [6, 6.07) is 7.70. The van der Waals surface area contributed by atoms with Crippen LogP contribution in [0.2, 0.25) is 0 Å². The lowest BCUT2D eigenvalue weighted by molar-refractivity contribution is -0.160. The Labute approximate surface area is 205 Å². The average molecular weight is 488 g/mol. The van der Waals surface area contributed by atoms with Gasteiger partial charge in [0, 0.05) is 20.2 Å². The lowest BCUT2D eigenvalue weighted by Gasteiger charge is -2.32. The van der Waals surface area contributed by atoms with Crippen molar-refractivity contribution in [2.45, 2.75) is 59.8 Å². The van der Waals surface area contributed by atoms with Crippen molar-refractivity contribution < 1.29 is 24.2 Å². The van der Waals surface area contributed by atoms with Crippen molar-refractivity contribution in [2.24, 2.45) is 24.3 Å². The van der Waals surface area contributed by atoms with Crippen molar-refractivity contribution in [1.82, 2.24) is 15.2 Å². The summed E-state index contributed by atoms with van der Waals surface area (Å²) in [6.07, 6.45) is -1.13. The number of ether oxygens (including phenoxy) is 1. The van der Waals surface area contributed by atoms with Gasteiger partial charge in [0.15, 0.2) is 6.10 Å². The molecule has 1 aromatic heterocycles. The van der Waals surface area contributed by atoms with Crippen LogP contribution in [0.1, 0.15) is 46.6 Å². The second kappa shape index (κ2) is 11.5. The summed E-state index contributed by atoms with van der Waals surface area (Å²) in [7, 11) is 3.17. The molecule has 0 aliphatic rings. The van der Waals surface area contributed by atoms with Gasteiger partial charge in [0.1, 0.15) is 6.04 Å². The minimum atomic E-state index is -1.40. The number of hydrogen-bond donors (Lipinski definition) is 3. The van der Waals surface area contributed by atoms with Crippen LogP contribution in [0.5, 0.6) is 0 Å². The lowest BCUT2D eigenvalue weighted by Crippen LogP contribution is -2.56. The van der Waals surface area contributed by atoms with Crippen LogP contribution in [-0.4, -0.2) is 46.7 Å². The fourth-order valence-electron chi connectivity index (χ4n) is 4.01. The van der Waals surface area contributed by atoms with Crippen LogP contribution < -0.4 is 16.2 Å². The zero-order valence-electron chi connectivity index (χ0n) is 21.5. The van der Waals surface area contributed by atoms with E-state index in [1.165, 1.54) is 17.7 Å². The van der Waals surface area contributed by atoms with E-state index in [1.54, 1.807) is 25.2 Å². The molecule has 3 atom stereocenters. The molecule has 1 aromatic carbocycles. The molecule has 0 aliphatic heterocycles. The zero-order chi connectivity index (χ0) is 26.5. The molecule has 9 nitrogen and oxygen atoms in total. The number of aryl methyl sites for hydroxylation is 1. The van der Waals surface area contributed by atoms with Gasteiger partial charge in [0.25, 0.3) is 5.56 Å². The Kier molecular flexibility index (Phi) is 9.20. The first-order valence-electron chi connectivity index (χ1n) is 11.7. The number of amides is 2. The molecule has 0 aliphatic carbocycles. The number of likely N-dealkylation sites (N-methyl/N-ethyl adjacent to an activating group) is 1. The largest absolute Gasteiger partial charge is 0.479 e. The number of fused-ring (bicyclic) bond motifs is 1. The molecule has 0 saturated heterocycles. The van der Waals surface area contributed by atoms with Gasteiger partial charge in [0.05, 0.1) is 18.0 Å². The van der Waals surface area contributed by atoms with E-state index in [0.717, 1.165) is 10.9 Å². The third-order valence-electron chi connectivity index (χ3n) is 5.95. The highest BCUT2D eigenvalue weighted by Gasteiger charge is 2.39. The minimum absolute atomic E-state index is 0.0197. The highest BCUT2D eigenvalue weighted by molar-refractivity contribution is 5.91. The standard InChI is InChI=1S/C26H37N3O6/c1-15(2)12-18(23(31)28-22(24(32)27-6)26(3,4)5)21(25(33)34)35-14-16-8-10-19-17(13-16)9-11-20(30)29(19)7/h8-11,13,15,18,21-22H,12,14H2,1-7H3,(H,27,32)(H,28,31)(H,33,34)/t18-,21+,22-/m1/s1. The second-order valence-electron chi connectivity index (χ2n) is 10.4. The van der Waals surface area contributed by atoms with Crippen molar-refractivity contribution >= 4 is 28.7 Å². The summed E-state index contributed by atoms with van der Waals surface area (Å²) < 4.78 is 7.33. The number of nitrogens with zero attached hydrogens (tertiary/aromatic N) is 1. The molecule has 0 radical (unpaired) electrons. The highest BCUT2D eigenvalue weighted by Crippen LogP contribution is 2.24. The number of hydrogen-bond acceptors (Lipinski definition) is 5. The summed E-state index contributed by atoms with van der Waals surface area (Å²) in [5.41, 5.74) is 0.753. The van der Waals surface area contributed by atoms with E-state index in [0.29, 0.717) is 5.56 Å². The van der Waals surface area contributed by atoms with Crippen molar-refractivity contribution in [1.29, 1.82) is 0 Å². The van der Waals surface area contributed by atoms with E-state index in [2.05, 4.69) is 10.6 Å². The maximum atomic E-state index is 13.3. The Bertz CT molecular complexity index is 1130. The van der Waals surface area contributed by atoms with Crippen LogP contribution in [0.25, 0.3) is 10.9 Å². The highest BCUT2D eigenvalue weighted by atomic mass is 16.5. The Hall–Kier alpha value is -3.20. The van der Waals surface area contributed by atoms with E-state index >= 15 is 0 Å². The van der Waals surface area contributed by atoms with Crippen LogP contribution in [0.3, 0.4) is 0 Å². The molecule has 2 aromatic rings. The minimum Gasteiger partial charge on any atom is -0.479 e. The van der Waals surface area contributed by atoms with Crippen LogP contribution in [-0.2, 0) is 32.8 Å². The number of pyridine rings is 1. The fourth-order valence-corrected chi connectivity index (χ4v) is 4.01. The molecule has 35 heavy (non-hydrogen) atoms. The number of nitrogens with one attached hydrogen (secondary N) is 2. The molecule has 3 N–H and O–H groups in total. The smallest absolute Gasteiger partial charge is 0.333 e. The monoisotopic (exact) mass is 487 g/mol. The van der Waals surface area contributed by atoms with Crippen molar-refractivity contribution in [3.8, 4) is 0 Å². The SMILES string of the molecule is CNC(=O)[C@@H](NC(=O)[C@H](CC(C)C)[C@H](OCc1ccc2c(ccc(=O)n2C)c1)C(=O)O)C(C)(C)C. The summed E-state index contributed by atoms with van der Waals surface area (Å²) in [4.78, 5) is 49.7. The first-order valence-corrected chi connectivity index (χ1v) is 11.7. The molecule has 0 spiro atoms. The summed E-state index contributed by atoms with van der Waals surface area (Å²) in [6.45, 7) is 9.23. The van der Waals surface area contributed by atoms with E-state index in [1.807, 2.05) is 40.7 Å². The Morgan fingerprint density at radius 3 is 2.29 bits per heavy atom. The molecule has 9 heteroatoms. The van der Waals surface area contributed by atoms with E-state index in [4.69, 9.17) is 4.74 Å². The third-order valence-corrected chi connectivity index (χ3v) is 5.95.